The standard InChI is InChI=1S/C13H13NO3/c15-13(16)10-4-3-9-5-6-14(11(9)8-10)12-2-1-7-17-12/h3-6,8,12H,1-2,7H2,(H,15,16). The van der Waals surface area contributed by atoms with Gasteiger partial charge in [-0.25, -0.2) is 4.79 Å². The predicted molar refractivity (Wildman–Crippen MR) is 63.1 cm³/mol. The summed E-state index contributed by atoms with van der Waals surface area (Å²) in [6.07, 6.45) is 4.06. The molecular weight excluding hydrogens is 218 g/mol. The number of aromatic carboxylic acids is 1. The van der Waals surface area contributed by atoms with E-state index in [-0.39, 0.29) is 6.23 Å². The molecule has 88 valence electrons. The third-order valence-corrected chi connectivity index (χ3v) is 3.19. The van der Waals surface area contributed by atoms with Gasteiger partial charge in [0.15, 0.2) is 0 Å². The molecule has 1 aromatic heterocycles. The number of ether oxygens (including phenoxy) is 1. The van der Waals surface area contributed by atoms with Gasteiger partial charge in [0, 0.05) is 12.8 Å². The molecule has 1 aromatic carbocycles. The van der Waals surface area contributed by atoms with Gasteiger partial charge in [0.1, 0.15) is 6.23 Å². The normalized spacial score (nSPS) is 19.9. The van der Waals surface area contributed by atoms with Gasteiger partial charge in [0.05, 0.1) is 11.1 Å². The van der Waals surface area contributed by atoms with Crippen molar-refractivity contribution in [2.45, 2.75) is 19.1 Å². The lowest BCUT2D eigenvalue weighted by Crippen LogP contribution is -2.06. The van der Waals surface area contributed by atoms with Gasteiger partial charge in [-0.1, -0.05) is 6.07 Å². The molecular formula is C13H13NO3. The number of benzene rings is 1. The highest BCUT2D eigenvalue weighted by Crippen LogP contribution is 2.28. The Labute approximate surface area is 98.4 Å². The molecule has 4 heteroatoms. The van der Waals surface area contributed by atoms with Crippen molar-refractivity contribution in [3.05, 3.63) is 36.0 Å². The van der Waals surface area contributed by atoms with Crippen molar-refractivity contribution < 1.29 is 14.6 Å². The molecule has 1 aliphatic heterocycles. The first-order valence-corrected chi connectivity index (χ1v) is 5.71. The molecule has 0 amide bonds. The Morgan fingerprint density at radius 3 is 3.00 bits per heavy atom. The van der Waals surface area contributed by atoms with Crippen molar-refractivity contribution in [1.82, 2.24) is 4.57 Å². The summed E-state index contributed by atoms with van der Waals surface area (Å²) in [7, 11) is 0. The first-order valence-electron chi connectivity index (χ1n) is 5.71. The minimum absolute atomic E-state index is 0.0524. The van der Waals surface area contributed by atoms with Crippen molar-refractivity contribution in [2.75, 3.05) is 6.61 Å². The zero-order valence-electron chi connectivity index (χ0n) is 9.30. The Hall–Kier alpha value is -1.81. The van der Waals surface area contributed by atoms with E-state index in [4.69, 9.17) is 9.84 Å². The Balaban J connectivity index is 2.11. The predicted octanol–water partition coefficient (Wildman–Crippen LogP) is 2.65. The van der Waals surface area contributed by atoms with E-state index >= 15 is 0 Å². The summed E-state index contributed by atoms with van der Waals surface area (Å²) in [4.78, 5) is 11.0. The maximum absolute atomic E-state index is 11.0. The molecule has 0 saturated carbocycles. The fourth-order valence-electron chi connectivity index (χ4n) is 2.31. The Morgan fingerprint density at radius 2 is 2.29 bits per heavy atom. The van der Waals surface area contributed by atoms with Crippen molar-refractivity contribution in [1.29, 1.82) is 0 Å². The summed E-state index contributed by atoms with van der Waals surface area (Å²) in [5, 5.41) is 10.0. The summed E-state index contributed by atoms with van der Waals surface area (Å²) < 4.78 is 7.64. The maximum Gasteiger partial charge on any atom is 0.335 e. The fraction of sp³-hybridized carbons (Fsp3) is 0.308. The first kappa shape index (κ1) is 10.4. The zero-order valence-corrected chi connectivity index (χ0v) is 9.30. The van der Waals surface area contributed by atoms with Gasteiger partial charge in [-0.15, -0.1) is 0 Å². The van der Waals surface area contributed by atoms with Crippen LogP contribution in [0, 0.1) is 0 Å². The van der Waals surface area contributed by atoms with Crippen LogP contribution >= 0.6 is 0 Å². The van der Waals surface area contributed by atoms with E-state index in [0.29, 0.717) is 5.56 Å². The van der Waals surface area contributed by atoms with Gasteiger partial charge in [0.25, 0.3) is 0 Å². The molecule has 0 spiro atoms. The van der Waals surface area contributed by atoms with Crippen molar-refractivity contribution in [2.24, 2.45) is 0 Å². The second-order valence-electron chi connectivity index (χ2n) is 4.27. The average molecular weight is 231 g/mol. The number of hydrogen-bond acceptors (Lipinski definition) is 2. The van der Waals surface area contributed by atoms with Gasteiger partial charge >= 0.3 is 5.97 Å². The van der Waals surface area contributed by atoms with E-state index in [1.165, 1.54) is 0 Å². The van der Waals surface area contributed by atoms with Gasteiger partial charge in [0.2, 0.25) is 0 Å². The topological polar surface area (TPSA) is 51.5 Å². The molecule has 2 aromatic rings. The van der Waals surface area contributed by atoms with Crippen molar-refractivity contribution in [3.8, 4) is 0 Å². The maximum atomic E-state index is 11.0. The average Bonchev–Trinajstić information content (AvgIpc) is 2.96. The van der Waals surface area contributed by atoms with E-state index in [2.05, 4.69) is 0 Å². The minimum atomic E-state index is -0.896. The van der Waals surface area contributed by atoms with Crippen LogP contribution in [0.15, 0.2) is 30.5 Å². The zero-order chi connectivity index (χ0) is 11.8. The lowest BCUT2D eigenvalue weighted by Gasteiger charge is -2.13. The highest BCUT2D eigenvalue weighted by atomic mass is 16.5. The van der Waals surface area contributed by atoms with E-state index in [0.717, 1.165) is 30.4 Å². The Kier molecular flexibility index (Phi) is 2.37. The van der Waals surface area contributed by atoms with Crippen LogP contribution in [-0.2, 0) is 4.74 Å². The number of hydrogen-bond donors (Lipinski definition) is 1. The molecule has 4 nitrogen and oxygen atoms in total. The second-order valence-corrected chi connectivity index (χ2v) is 4.27. The Bertz CT molecular complexity index is 567. The number of carboxylic acids is 1. The molecule has 1 aliphatic rings. The fourth-order valence-corrected chi connectivity index (χ4v) is 2.31. The van der Waals surface area contributed by atoms with Crippen LogP contribution in [0.1, 0.15) is 29.4 Å². The number of carboxylic acid groups (broad SMARTS) is 1. The van der Waals surface area contributed by atoms with Crippen LogP contribution in [0.4, 0.5) is 0 Å². The Morgan fingerprint density at radius 1 is 1.41 bits per heavy atom. The number of carbonyl (C=O) groups is 1. The van der Waals surface area contributed by atoms with E-state index in [1.807, 2.05) is 22.9 Å². The van der Waals surface area contributed by atoms with Crippen LogP contribution in [0.2, 0.25) is 0 Å². The van der Waals surface area contributed by atoms with Crippen LogP contribution in [-0.4, -0.2) is 22.2 Å². The molecule has 0 bridgehead atoms. The van der Waals surface area contributed by atoms with Gasteiger partial charge in [-0.05, 0) is 36.4 Å². The number of aromatic nitrogens is 1. The van der Waals surface area contributed by atoms with Gasteiger partial charge in [-0.2, -0.15) is 0 Å². The number of fused-ring (bicyclic) bond motifs is 1. The molecule has 17 heavy (non-hydrogen) atoms. The highest BCUT2D eigenvalue weighted by molar-refractivity contribution is 5.93. The summed E-state index contributed by atoms with van der Waals surface area (Å²) in [6.45, 7) is 0.781. The molecule has 0 aliphatic carbocycles. The lowest BCUT2D eigenvalue weighted by molar-refractivity contribution is 0.0600. The van der Waals surface area contributed by atoms with Crippen molar-refractivity contribution in [3.63, 3.8) is 0 Å². The van der Waals surface area contributed by atoms with Crippen LogP contribution in [0.5, 0.6) is 0 Å². The van der Waals surface area contributed by atoms with Crippen molar-refractivity contribution >= 4 is 16.9 Å². The quantitative estimate of drug-likeness (QED) is 0.864. The molecule has 1 unspecified atom stereocenters. The molecule has 1 atom stereocenters. The number of nitrogens with zero attached hydrogens (tertiary/aromatic N) is 1. The van der Waals surface area contributed by atoms with E-state index in [1.54, 1.807) is 12.1 Å². The first-order chi connectivity index (χ1) is 8.25. The van der Waals surface area contributed by atoms with Crippen LogP contribution in [0.25, 0.3) is 10.9 Å². The number of rotatable bonds is 2. The van der Waals surface area contributed by atoms with Crippen LogP contribution < -0.4 is 0 Å². The second kappa shape index (κ2) is 3.89. The third kappa shape index (κ3) is 1.70. The largest absolute Gasteiger partial charge is 0.478 e. The SMILES string of the molecule is O=C(O)c1ccc2ccn(C3CCCO3)c2c1. The molecule has 1 fully saturated rings. The molecule has 0 radical (unpaired) electrons. The smallest absolute Gasteiger partial charge is 0.335 e. The summed E-state index contributed by atoms with van der Waals surface area (Å²) in [5.41, 5.74) is 1.24. The molecule has 1 saturated heterocycles. The van der Waals surface area contributed by atoms with E-state index in [9.17, 15) is 4.79 Å². The molecule has 3 rings (SSSR count). The third-order valence-electron chi connectivity index (χ3n) is 3.19. The monoisotopic (exact) mass is 231 g/mol. The molecule has 1 N–H and O–H groups in total. The summed E-state index contributed by atoms with van der Waals surface area (Å²) in [6, 6.07) is 7.16. The lowest BCUT2D eigenvalue weighted by atomic mass is 10.1. The van der Waals surface area contributed by atoms with E-state index < -0.39 is 5.97 Å². The summed E-state index contributed by atoms with van der Waals surface area (Å²) >= 11 is 0. The summed E-state index contributed by atoms with van der Waals surface area (Å²) in [5.74, 6) is -0.896. The minimum Gasteiger partial charge on any atom is -0.478 e. The van der Waals surface area contributed by atoms with Gasteiger partial charge in [-0.3, -0.25) is 0 Å². The molecule has 2 heterocycles. The highest BCUT2D eigenvalue weighted by Gasteiger charge is 2.19. The van der Waals surface area contributed by atoms with Gasteiger partial charge < -0.3 is 14.4 Å². The van der Waals surface area contributed by atoms with Crippen LogP contribution in [0.3, 0.4) is 0 Å².